The van der Waals surface area contributed by atoms with E-state index < -0.39 is 0 Å². The average Bonchev–Trinajstić information content (AvgIpc) is 3.46. The first-order chi connectivity index (χ1) is 15.6. The number of methoxy groups -OCH3 is 1. The van der Waals surface area contributed by atoms with Gasteiger partial charge >= 0.3 is 0 Å². The number of hydrogen-bond donors (Lipinski definition) is 0. The van der Waals surface area contributed by atoms with E-state index in [1.807, 2.05) is 83.6 Å². The van der Waals surface area contributed by atoms with Crippen LogP contribution in [0.25, 0.3) is 22.2 Å². The van der Waals surface area contributed by atoms with Crippen molar-refractivity contribution in [2.24, 2.45) is 0 Å². The van der Waals surface area contributed by atoms with Gasteiger partial charge in [-0.1, -0.05) is 54.1 Å². The molecule has 0 aliphatic rings. The maximum atomic E-state index is 13.4. The number of oxazole rings is 1. The Bertz CT molecular complexity index is 1400. The highest BCUT2D eigenvalue weighted by molar-refractivity contribution is 6.30. The van der Waals surface area contributed by atoms with Crippen LogP contribution in [0.1, 0.15) is 21.8 Å². The van der Waals surface area contributed by atoms with Gasteiger partial charge in [-0.2, -0.15) is 0 Å². The Labute approximate surface area is 189 Å². The smallest absolute Gasteiger partial charge is 0.268 e. The van der Waals surface area contributed by atoms with Crippen LogP contribution in [-0.4, -0.2) is 22.4 Å². The number of rotatable bonds is 6. The molecule has 5 nitrogen and oxygen atoms in total. The van der Waals surface area contributed by atoms with E-state index in [1.165, 1.54) is 6.26 Å². The summed E-state index contributed by atoms with van der Waals surface area (Å²) in [7, 11) is 1.60. The molecule has 0 unspecified atom stereocenters. The third-order valence-corrected chi connectivity index (χ3v) is 5.62. The van der Waals surface area contributed by atoms with Crippen LogP contribution in [0, 0.1) is 0 Å². The Morgan fingerprint density at radius 3 is 2.59 bits per heavy atom. The van der Waals surface area contributed by atoms with Crippen LogP contribution >= 0.6 is 11.6 Å². The normalized spacial score (nSPS) is 11.1. The van der Waals surface area contributed by atoms with Gasteiger partial charge in [-0.15, -0.1) is 0 Å². The highest BCUT2D eigenvalue weighted by Gasteiger charge is 2.22. The number of ketones is 1. The molecule has 5 aromatic rings. The molecule has 0 aliphatic heterocycles. The molecule has 32 heavy (non-hydrogen) atoms. The molecular weight excluding hydrogens is 424 g/mol. The minimum absolute atomic E-state index is 0.0530. The molecule has 0 aliphatic carbocycles. The third-order valence-electron chi connectivity index (χ3n) is 5.37. The average molecular weight is 443 g/mol. The number of carbonyl (C=O) groups is 1. The number of aromatic nitrogens is 2. The zero-order valence-electron chi connectivity index (χ0n) is 17.3. The summed E-state index contributed by atoms with van der Waals surface area (Å²) in [6, 6.07) is 23.0. The molecule has 0 radical (unpaired) electrons. The molecule has 0 saturated carbocycles. The van der Waals surface area contributed by atoms with E-state index in [-0.39, 0.29) is 11.7 Å². The van der Waals surface area contributed by atoms with Crippen molar-refractivity contribution in [3.8, 4) is 17.0 Å². The highest BCUT2D eigenvalue weighted by atomic mass is 35.5. The Balaban J connectivity index is 1.56. The summed E-state index contributed by atoms with van der Waals surface area (Å²) < 4.78 is 13.0. The molecular formula is C26H19ClN2O3. The topological polar surface area (TPSA) is 57.3 Å². The molecule has 0 amide bonds. The standard InChI is InChI=1S/C26H19ClN2O3/c1-31-20-11-12-24-21(13-20)22(15-29(24)14-17-7-9-19(27)10-8-17)25(30)26-28-23(16-32-26)18-5-3-2-4-6-18/h2-13,15-16H,14H2,1H3. The summed E-state index contributed by atoms with van der Waals surface area (Å²) in [5.41, 5.74) is 4.01. The summed E-state index contributed by atoms with van der Waals surface area (Å²) in [6.07, 6.45) is 3.35. The Morgan fingerprint density at radius 2 is 1.84 bits per heavy atom. The fraction of sp³-hybridized carbons (Fsp3) is 0.0769. The molecule has 0 atom stereocenters. The summed E-state index contributed by atoms with van der Waals surface area (Å²) in [5.74, 6) is 0.450. The molecule has 0 fully saturated rings. The van der Waals surface area contributed by atoms with Gasteiger partial charge in [0, 0.05) is 34.2 Å². The predicted octanol–water partition coefficient (Wildman–Crippen LogP) is 6.24. The van der Waals surface area contributed by atoms with Crippen molar-refractivity contribution in [3.63, 3.8) is 0 Å². The van der Waals surface area contributed by atoms with E-state index in [0.29, 0.717) is 28.6 Å². The monoisotopic (exact) mass is 442 g/mol. The fourth-order valence-electron chi connectivity index (χ4n) is 3.74. The van der Waals surface area contributed by atoms with Crippen LogP contribution in [0.2, 0.25) is 5.02 Å². The summed E-state index contributed by atoms with van der Waals surface area (Å²) in [6.45, 7) is 0.591. The number of nitrogens with zero attached hydrogens (tertiary/aromatic N) is 2. The van der Waals surface area contributed by atoms with Crippen molar-refractivity contribution in [3.05, 3.63) is 107 Å². The van der Waals surface area contributed by atoms with E-state index in [4.69, 9.17) is 20.8 Å². The van der Waals surface area contributed by atoms with Gasteiger partial charge in [-0.3, -0.25) is 4.79 Å². The molecule has 158 valence electrons. The maximum absolute atomic E-state index is 13.4. The van der Waals surface area contributed by atoms with Gasteiger partial charge in [0.25, 0.3) is 5.89 Å². The van der Waals surface area contributed by atoms with Crippen molar-refractivity contribution < 1.29 is 13.9 Å². The molecule has 0 bridgehead atoms. The first-order valence-electron chi connectivity index (χ1n) is 10.1. The van der Waals surface area contributed by atoms with E-state index >= 15 is 0 Å². The van der Waals surface area contributed by atoms with Crippen LogP contribution in [-0.2, 0) is 6.54 Å². The van der Waals surface area contributed by atoms with E-state index in [0.717, 1.165) is 22.0 Å². The minimum atomic E-state index is -0.278. The van der Waals surface area contributed by atoms with Gasteiger partial charge in [-0.05, 0) is 35.9 Å². The zero-order valence-corrected chi connectivity index (χ0v) is 18.0. The Kier molecular flexibility index (Phi) is 5.25. The van der Waals surface area contributed by atoms with Crippen LogP contribution in [0.5, 0.6) is 5.75 Å². The molecule has 3 aromatic carbocycles. The molecule has 5 rings (SSSR count). The van der Waals surface area contributed by atoms with Crippen LogP contribution in [0.3, 0.4) is 0 Å². The fourth-order valence-corrected chi connectivity index (χ4v) is 3.86. The first kappa shape index (κ1) is 20.1. The molecule has 6 heteroatoms. The highest BCUT2D eigenvalue weighted by Crippen LogP contribution is 2.29. The minimum Gasteiger partial charge on any atom is -0.497 e. The van der Waals surface area contributed by atoms with Gasteiger partial charge in [-0.25, -0.2) is 4.98 Å². The lowest BCUT2D eigenvalue weighted by Crippen LogP contribution is -2.02. The van der Waals surface area contributed by atoms with Crippen molar-refractivity contribution in [1.82, 2.24) is 9.55 Å². The van der Waals surface area contributed by atoms with Gasteiger partial charge in [0.05, 0.1) is 12.7 Å². The predicted molar refractivity (Wildman–Crippen MR) is 124 cm³/mol. The number of fused-ring (bicyclic) bond motifs is 1. The van der Waals surface area contributed by atoms with Gasteiger partial charge < -0.3 is 13.7 Å². The lowest BCUT2D eigenvalue weighted by Gasteiger charge is -2.06. The Morgan fingerprint density at radius 1 is 1.06 bits per heavy atom. The second-order valence-corrected chi connectivity index (χ2v) is 7.85. The van der Waals surface area contributed by atoms with Crippen LogP contribution < -0.4 is 4.74 Å². The quantitative estimate of drug-likeness (QED) is 0.292. The molecule has 2 aromatic heterocycles. The van der Waals surface area contributed by atoms with Crippen molar-refractivity contribution in [2.45, 2.75) is 6.54 Å². The van der Waals surface area contributed by atoms with E-state index in [1.54, 1.807) is 7.11 Å². The summed E-state index contributed by atoms with van der Waals surface area (Å²) >= 11 is 6.02. The van der Waals surface area contributed by atoms with E-state index in [2.05, 4.69) is 4.98 Å². The Hall–Kier alpha value is -3.83. The third kappa shape index (κ3) is 3.79. The largest absolute Gasteiger partial charge is 0.497 e. The number of hydrogen-bond acceptors (Lipinski definition) is 4. The van der Waals surface area contributed by atoms with Crippen molar-refractivity contribution in [2.75, 3.05) is 7.11 Å². The second kappa shape index (κ2) is 8.36. The van der Waals surface area contributed by atoms with Gasteiger partial charge in [0.15, 0.2) is 0 Å². The molecule has 0 saturated heterocycles. The summed E-state index contributed by atoms with van der Waals surface area (Å²) in [5, 5.41) is 1.47. The molecule has 2 heterocycles. The van der Waals surface area contributed by atoms with Crippen LogP contribution in [0.4, 0.5) is 0 Å². The van der Waals surface area contributed by atoms with E-state index in [9.17, 15) is 4.79 Å². The maximum Gasteiger partial charge on any atom is 0.268 e. The number of halogens is 1. The SMILES string of the molecule is COc1ccc2c(c1)c(C(=O)c1nc(-c3ccccc3)co1)cn2Cc1ccc(Cl)cc1. The van der Waals surface area contributed by atoms with Gasteiger partial charge in [0.2, 0.25) is 5.78 Å². The lowest BCUT2D eigenvalue weighted by molar-refractivity contribution is 0.100. The number of ether oxygens (including phenoxy) is 1. The number of carbonyl (C=O) groups excluding carboxylic acids is 1. The van der Waals surface area contributed by atoms with Crippen molar-refractivity contribution >= 4 is 28.3 Å². The lowest BCUT2D eigenvalue weighted by atomic mass is 10.1. The molecule has 0 spiro atoms. The summed E-state index contributed by atoms with van der Waals surface area (Å²) in [4.78, 5) is 17.8. The number of benzene rings is 3. The molecule has 0 N–H and O–H groups in total. The van der Waals surface area contributed by atoms with Crippen LogP contribution in [0.15, 0.2) is 89.7 Å². The van der Waals surface area contributed by atoms with Gasteiger partial charge in [0.1, 0.15) is 17.7 Å². The van der Waals surface area contributed by atoms with Crippen molar-refractivity contribution in [1.29, 1.82) is 0 Å². The second-order valence-electron chi connectivity index (χ2n) is 7.41. The first-order valence-corrected chi connectivity index (χ1v) is 10.5. The zero-order chi connectivity index (χ0) is 22.1.